The summed E-state index contributed by atoms with van der Waals surface area (Å²) in [6.07, 6.45) is -0.105. The van der Waals surface area contributed by atoms with Crippen LogP contribution >= 0.6 is 0 Å². The largest absolute Gasteiger partial charge is 0.573 e. The zero-order valence-corrected chi connectivity index (χ0v) is 17.8. The summed E-state index contributed by atoms with van der Waals surface area (Å²) in [5, 5.41) is 3.37. The molecule has 1 saturated heterocycles. The number of carbonyl (C=O) groups is 1. The van der Waals surface area contributed by atoms with Gasteiger partial charge >= 0.3 is 6.36 Å². The van der Waals surface area contributed by atoms with Gasteiger partial charge in [-0.05, 0) is 63.3 Å². The minimum atomic E-state index is -4.68. The number of alkyl halides is 3. The molecule has 1 N–H and O–H groups in total. The quantitative estimate of drug-likeness (QED) is 0.726. The van der Waals surface area contributed by atoms with Gasteiger partial charge < -0.3 is 15.0 Å². The Bertz CT molecular complexity index is 680. The fourth-order valence-corrected chi connectivity index (χ4v) is 4.37. The van der Waals surface area contributed by atoms with E-state index in [1.165, 1.54) is 12.1 Å². The number of anilines is 1. The van der Waals surface area contributed by atoms with E-state index in [1.54, 1.807) is 12.1 Å². The van der Waals surface area contributed by atoms with E-state index < -0.39 is 6.36 Å². The maximum absolute atomic E-state index is 12.9. The molecule has 1 amide bonds. The Morgan fingerprint density at radius 3 is 2.23 bits per heavy atom. The van der Waals surface area contributed by atoms with Gasteiger partial charge in [-0.15, -0.1) is 13.2 Å². The van der Waals surface area contributed by atoms with Crippen LogP contribution in [0.4, 0.5) is 18.9 Å². The Hall–Kier alpha value is -1.96. The molecule has 2 aliphatic rings. The van der Waals surface area contributed by atoms with Crippen LogP contribution in [0.15, 0.2) is 24.3 Å². The minimum Gasteiger partial charge on any atom is -0.406 e. The number of nitrogens with zero attached hydrogens (tertiary/aromatic N) is 2. The summed E-state index contributed by atoms with van der Waals surface area (Å²) in [4.78, 5) is 17.4. The van der Waals surface area contributed by atoms with E-state index in [-0.39, 0.29) is 23.6 Å². The fourth-order valence-electron chi connectivity index (χ4n) is 4.37. The first-order chi connectivity index (χ1) is 14.2. The van der Waals surface area contributed by atoms with Crippen molar-refractivity contribution in [3.05, 3.63) is 24.3 Å². The molecule has 1 heterocycles. The molecule has 1 unspecified atom stereocenters. The van der Waals surface area contributed by atoms with E-state index in [9.17, 15) is 18.0 Å². The lowest BCUT2D eigenvalue weighted by Crippen LogP contribution is -2.52. The molecule has 8 heteroatoms. The highest BCUT2D eigenvalue weighted by Crippen LogP contribution is 2.30. The monoisotopic (exact) mass is 427 g/mol. The molecule has 1 saturated carbocycles. The van der Waals surface area contributed by atoms with Crippen molar-refractivity contribution < 1.29 is 22.7 Å². The number of hydrogen-bond acceptors (Lipinski definition) is 4. The molecule has 3 rings (SSSR count). The molecule has 5 nitrogen and oxygen atoms in total. The summed E-state index contributed by atoms with van der Waals surface area (Å²) in [7, 11) is 0. The van der Waals surface area contributed by atoms with E-state index in [1.807, 2.05) is 4.90 Å². The number of piperazine rings is 1. The van der Waals surface area contributed by atoms with Crippen LogP contribution in [0.1, 0.15) is 46.0 Å². The van der Waals surface area contributed by atoms with Gasteiger partial charge in [0.15, 0.2) is 0 Å². The second-order valence-electron chi connectivity index (χ2n) is 8.38. The maximum atomic E-state index is 12.9. The van der Waals surface area contributed by atoms with Crippen molar-refractivity contribution in [2.24, 2.45) is 5.92 Å². The topological polar surface area (TPSA) is 44.8 Å². The Balaban J connectivity index is 1.42. The standard InChI is InChI=1S/C22H32F3N3O2/c1-3-16(2)27-12-14-28(15-13-27)21(29)17-4-6-18(7-5-17)26-19-8-10-20(11-9-19)30-22(23,24)25/h8-11,16-18,26H,3-7,12-15H2,1-2H3/t16?,17-,18-. The van der Waals surface area contributed by atoms with Crippen LogP contribution in [0.5, 0.6) is 5.75 Å². The number of carbonyl (C=O) groups excluding carboxylic acids is 1. The van der Waals surface area contributed by atoms with Crippen molar-refractivity contribution in [1.29, 1.82) is 0 Å². The normalized spacial score (nSPS) is 24.4. The van der Waals surface area contributed by atoms with E-state index in [4.69, 9.17) is 0 Å². The summed E-state index contributed by atoms with van der Waals surface area (Å²) in [6.45, 7) is 7.96. The first kappa shape index (κ1) is 22.7. The highest BCUT2D eigenvalue weighted by Gasteiger charge is 2.32. The van der Waals surface area contributed by atoms with Gasteiger partial charge in [-0.25, -0.2) is 0 Å². The maximum Gasteiger partial charge on any atom is 0.573 e. The van der Waals surface area contributed by atoms with Gasteiger partial charge in [-0.3, -0.25) is 9.69 Å². The second kappa shape index (κ2) is 9.90. The molecule has 1 aliphatic heterocycles. The summed E-state index contributed by atoms with van der Waals surface area (Å²) < 4.78 is 40.6. The lowest BCUT2D eigenvalue weighted by Gasteiger charge is -2.40. The average molecular weight is 428 g/mol. The van der Waals surface area contributed by atoms with Crippen LogP contribution in [0.25, 0.3) is 0 Å². The number of amides is 1. The molecular weight excluding hydrogens is 395 g/mol. The van der Waals surface area contributed by atoms with E-state index in [0.717, 1.165) is 64.0 Å². The van der Waals surface area contributed by atoms with Crippen LogP contribution < -0.4 is 10.1 Å². The predicted molar refractivity (Wildman–Crippen MR) is 110 cm³/mol. The van der Waals surface area contributed by atoms with Crippen molar-refractivity contribution in [2.75, 3.05) is 31.5 Å². The number of benzene rings is 1. The molecule has 0 radical (unpaired) electrons. The van der Waals surface area contributed by atoms with Crippen molar-refractivity contribution >= 4 is 11.6 Å². The molecular formula is C22H32F3N3O2. The summed E-state index contributed by atoms with van der Waals surface area (Å²) in [6, 6.07) is 6.60. The average Bonchev–Trinajstić information content (AvgIpc) is 2.74. The van der Waals surface area contributed by atoms with Gasteiger partial charge in [0.05, 0.1) is 0 Å². The molecule has 2 fully saturated rings. The number of rotatable bonds is 6. The van der Waals surface area contributed by atoms with Crippen molar-refractivity contribution in [3.8, 4) is 5.75 Å². The first-order valence-electron chi connectivity index (χ1n) is 10.9. The Morgan fingerprint density at radius 1 is 1.10 bits per heavy atom. The molecule has 0 bridgehead atoms. The highest BCUT2D eigenvalue weighted by molar-refractivity contribution is 5.79. The predicted octanol–water partition coefficient (Wildman–Crippen LogP) is 4.50. The van der Waals surface area contributed by atoms with Crippen molar-refractivity contribution in [3.63, 3.8) is 0 Å². The molecule has 1 aromatic rings. The van der Waals surface area contributed by atoms with Crippen LogP contribution in [0.2, 0.25) is 0 Å². The van der Waals surface area contributed by atoms with Gasteiger partial charge in [-0.2, -0.15) is 0 Å². The molecule has 1 aromatic carbocycles. The van der Waals surface area contributed by atoms with E-state index in [0.29, 0.717) is 6.04 Å². The number of nitrogens with one attached hydrogen (secondary N) is 1. The molecule has 1 aliphatic carbocycles. The summed E-state index contributed by atoms with van der Waals surface area (Å²) >= 11 is 0. The molecule has 1 atom stereocenters. The van der Waals surface area contributed by atoms with Crippen LogP contribution in [-0.4, -0.2) is 60.3 Å². The van der Waals surface area contributed by atoms with Crippen LogP contribution in [-0.2, 0) is 4.79 Å². The number of halogens is 3. The highest BCUT2D eigenvalue weighted by atomic mass is 19.4. The fraction of sp³-hybridized carbons (Fsp3) is 0.682. The molecule has 30 heavy (non-hydrogen) atoms. The SMILES string of the molecule is CCC(C)N1CCN(C(=O)[C@H]2CC[C@H](Nc3ccc(OC(F)(F)F)cc3)CC2)CC1. The third kappa shape index (κ3) is 6.27. The second-order valence-corrected chi connectivity index (χ2v) is 8.38. The van der Waals surface area contributed by atoms with Crippen molar-refractivity contribution in [1.82, 2.24) is 9.80 Å². The van der Waals surface area contributed by atoms with Gasteiger partial charge in [-0.1, -0.05) is 6.92 Å². The zero-order chi connectivity index (χ0) is 21.7. The zero-order valence-electron chi connectivity index (χ0n) is 17.8. The lowest BCUT2D eigenvalue weighted by atomic mass is 9.85. The van der Waals surface area contributed by atoms with Gasteiger partial charge in [0.1, 0.15) is 5.75 Å². The van der Waals surface area contributed by atoms with Gasteiger partial charge in [0.25, 0.3) is 0 Å². The smallest absolute Gasteiger partial charge is 0.406 e. The Morgan fingerprint density at radius 2 is 1.70 bits per heavy atom. The van der Waals surface area contributed by atoms with Crippen molar-refractivity contribution in [2.45, 2.75) is 64.4 Å². The lowest BCUT2D eigenvalue weighted by molar-refractivity contribution is -0.274. The summed E-state index contributed by atoms with van der Waals surface area (Å²) in [5.41, 5.74) is 0.764. The molecule has 0 spiro atoms. The minimum absolute atomic E-state index is 0.0840. The number of hydrogen-bond donors (Lipinski definition) is 1. The van der Waals surface area contributed by atoms with Crippen LogP contribution in [0, 0.1) is 5.92 Å². The van der Waals surface area contributed by atoms with Gasteiger partial charge in [0.2, 0.25) is 5.91 Å². The molecule has 168 valence electrons. The Labute approximate surface area is 176 Å². The first-order valence-corrected chi connectivity index (χ1v) is 10.9. The third-order valence-corrected chi connectivity index (χ3v) is 6.38. The van der Waals surface area contributed by atoms with E-state index >= 15 is 0 Å². The van der Waals surface area contributed by atoms with E-state index in [2.05, 4.69) is 28.8 Å². The van der Waals surface area contributed by atoms with Crippen LogP contribution in [0.3, 0.4) is 0 Å². The number of ether oxygens (including phenoxy) is 1. The summed E-state index contributed by atoms with van der Waals surface area (Å²) in [5.74, 6) is 0.141. The van der Waals surface area contributed by atoms with Gasteiger partial charge in [0, 0.05) is 49.9 Å². The molecule has 0 aromatic heterocycles. The Kier molecular flexibility index (Phi) is 7.50. The third-order valence-electron chi connectivity index (χ3n) is 6.38.